The fourth-order valence-corrected chi connectivity index (χ4v) is 3.62. The standard InChI is InChI=1S/C20H22O7S/c1-13-16-12-26-20(21)17(16)19(25-11-14-7-5-4-6-8-14)15(18(13)24-2)9-10-27-28(3,22)23/h4-8H,9-12H2,1-3H3. The van der Waals surface area contributed by atoms with Gasteiger partial charge in [0.2, 0.25) is 0 Å². The summed E-state index contributed by atoms with van der Waals surface area (Å²) in [4.78, 5) is 12.4. The van der Waals surface area contributed by atoms with Crippen molar-refractivity contribution in [3.63, 3.8) is 0 Å². The van der Waals surface area contributed by atoms with Crippen molar-refractivity contribution < 1.29 is 31.6 Å². The minimum Gasteiger partial charge on any atom is -0.496 e. The Morgan fingerprint density at radius 1 is 1.14 bits per heavy atom. The molecule has 2 aromatic carbocycles. The average molecular weight is 406 g/mol. The molecule has 0 saturated heterocycles. The van der Waals surface area contributed by atoms with Crippen LogP contribution in [-0.2, 0) is 38.7 Å². The van der Waals surface area contributed by atoms with Gasteiger partial charge in [-0.3, -0.25) is 4.18 Å². The molecule has 0 atom stereocenters. The van der Waals surface area contributed by atoms with Crippen LogP contribution in [-0.4, -0.2) is 34.4 Å². The molecule has 0 unspecified atom stereocenters. The molecule has 3 rings (SSSR count). The minimum atomic E-state index is -3.59. The van der Waals surface area contributed by atoms with Crippen molar-refractivity contribution in [3.8, 4) is 11.5 Å². The Bertz CT molecular complexity index is 982. The Balaban J connectivity index is 2.02. The van der Waals surface area contributed by atoms with Crippen molar-refractivity contribution in [1.82, 2.24) is 0 Å². The maximum Gasteiger partial charge on any atom is 0.342 e. The van der Waals surface area contributed by atoms with Crippen molar-refractivity contribution in [1.29, 1.82) is 0 Å². The van der Waals surface area contributed by atoms with Gasteiger partial charge in [-0.1, -0.05) is 30.3 Å². The van der Waals surface area contributed by atoms with E-state index in [1.54, 1.807) is 0 Å². The van der Waals surface area contributed by atoms with Crippen LogP contribution in [0.5, 0.6) is 11.5 Å². The second-order valence-corrected chi connectivity index (χ2v) is 8.09. The first-order valence-corrected chi connectivity index (χ1v) is 10.5. The summed E-state index contributed by atoms with van der Waals surface area (Å²) in [7, 11) is -2.07. The van der Waals surface area contributed by atoms with Gasteiger partial charge < -0.3 is 14.2 Å². The Morgan fingerprint density at radius 2 is 1.86 bits per heavy atom. The lowest BCUT2D eigenvalue weighted by molar-refractivity contribution is 0.0531. The highest BCUT2D eigenvalue weighted by Crippen LogP contribution is 2.43. The quantitative estimate of drug-likeness (QED) is 0.492. The van der Waals surface area contributed by atoms with Gasteiger partial charge in [0.05, 0.1) is 20.0 Å². The largest absolute Gasteiger partial charge is 0.496 e. The minimum absolute atomic E-state index is 0.0931. The zero-order valence-electron chi connectivity index (χ0n) is 16.0. The topological polar surface area (TPSA) is 88.1 Å². The van der Waals surface area contributed by atoms with Crippen molar-refractivity contribution in [3.05, 3.63) is 58.1 Å². The third-order valence-corrected chi connectivity index (χ3v) is 5.10. The fourth-order valence-electron chi connectivity index (χ4n) is 3.24. The van der Waals surface area contributed by atoms with E-state index in [1.807, 2.05) is 37.3 Å². The summed E-state index contributed by atoms with van der Waals surface area (Å²) in [5.41, 5.74) is 3.36. The maximum atomic E-state index is 12.4. The number of methoxy groups -OCH3 is 1. The Kier molecular flexibility index (Phi) is 5.90. The number of hydrogen-bond donors (Lipinski definition) is 0. The summed E-state index contributed by atoms with van der Waals surface area (Å²) in [6, 6.07) is 9.52. The van der Waals surface area contributed by atoms with Crippen LogP contribution in [0.15, 0.2) is 30.3 Å². The zero-order chi connectivity index (χ0) is 20.3. The van der Waals surface area contributed by atoms with Crippen LogP contribution < -0.4 is 9.47 Å². The summed E-state index contributed by atoms with van der Waals surface area (Å²) < 4.78 is 44.3. The number of ether oxygens (including phenoxy) is 3. The molecule has 1 aliphatic rings. The lowest BCUT2D eigenvalue weighted by atomic mass is 9.95. The molecule has 0 N–H and O–H groups in total. The first-order valence-electron chi connectivity index (χ1n) is 8.72. The van der Waals surface area contributed by atoms with Crippen LogP contribution >= 0.6 is 0 Å². The number of hydrogen-bond acceptors (Lipinski definition) is 7. The summed E-state index contributed by atoms with van der Waals surface area (Å²) in [5.74, 6) is 0.423. The van der Waals surface area contributed by atoms with Crippen molar-refractivity contribution in [2.24, 2.45) is 0 Å². The predicted molar refractivity (Wildman–Crippen MR) is 102 cm³/mol. The maximum absolute atomic E-state index is 12.4. The van der Waals surface area contributed by atoms with E-state index >= 15 is 0 Å². The zero-order valence-corrected chi connectivity index (χ0v) is 16.8. The van der Waals surface area contributed by atoms with E-state index < -0.39 is 16.1 Å². The van der Waals surface area contributed by atoms with E-state index in [9.17, 15) is 13.2 Å². The van der Waals surface area contributed by atoms with Gasteiger partial charge in [0.25, 0.3) is 10.1 Å². The summed E-state index contributed by atoms with van der Waals surface area (Å²) in [5, 5.41) is 0. The normalized spacial score (nSPS) is 13.2. The Morgan fingerprint density at radius 3 is 2.50 bits per heavy atom. The molecule has 150 valence electrons. The summed E-state index contributed by atoms with van der Waals surface area (Å²) >= 11 is 0. The molecule has 0 aliphatic carbocycles. The number of cyclic esters (lactones) is 1. The van der Waals surface area contributed by atoms with Crippen molar-refractivity contribution >= 4 is 16.1 Å². The molecule has 8 heteroatoms. The van der Waals surface area contributed by atoms with Crippen LogP contribution in [0.2, 0.25) is 0 Å². The second kappa shape index (κ2) is 8.20. The molecule has 0 spiro atoms. The van der Waals surface area contributed by atoms with E-state index in [1.165, 1.54) is 7.11 Å². The van der Waals surface area contributed by atoms with E-state index in [-0.39, 0.29) is 26.2 Å². The molecule has 1 heterocycles. The molecule has 0 radical (unpaired) electrons. The van der Waals surface area contributed by atoms with E-state index in [0.717, 1.165) is 22.9 Å². The molecule has 28 heavy (non-hydrogen) atoms. The summed E-state index contributed by atoms with van der Waals surface area (Å²) in [6.07, 6.45) is 1.18. The van der Waals surface area contributed by atoms with Crippen molar-refractivity contribution in [2.45, 2.75) is 26.6 Å². The Hall–Kier alpha value is -2.58. The van der Waals surface area contributed by atoms with Crippen LogP contribution in [0.4, 0.5) is 0 Å². The molecule has 2 aromatic rings. The van der Waals surface area contributed by atoms with Gasteiger partial charge in [-0.2, -0.15) is 8.42 Å². The predicted octanol–water partition coefficient (Wildman–Crippen LogP) is 2.77. The lowest BCUT2D eigenvalue weighted by Gasteiger charge is -2.20. The number of carbonyl (C=O) groups is 1. The highest BCUT2D eigenvalue weighted by Gasteiger charge is 2.33. The Labute approximate surface area is 164 Å². The summed E-state index contributed by atoms with van der Waals surface area (Å²) in [6.45, 7) is 2.14. The molecular formula is C20H22O7S. The number of rotatable bonds is 8. The molecule has 0 fully saturated rings. The number of benzene rings is 2. The third-order valence-electron chi connectivity index (χ3n) is 4.50. The highest BCUT2D eigenvalue weighted by atomic mass is 32.2. The lowest BCUT2D eigenvalue weighted by Crippen LogP contribution is -2.12. The first kappa shape index (κ1) is 20.2. The number of carbonyl (C=O) groups excluding carboxylic acids is 1. The highest BCUT2D eigenvalue weighted by molar-refractivity contribution is 7.85. The van der Waals surface area contributed by atoms with Gasteiger partial charge >= 0.3 is 5.97 Å². The van der Waals surface area contributed by atoms with Gasteiger partial charge in [-0.15, -0.1) is 0 Å². The van der Waals surface area contributed by atoms with E-state index in [4.69, 9.17) is 18.4 Å². The molecule has 7 nitrogen and oxygen atoms in total. The molecule has 0 saturated carbocycles. The third kappa shape index (κ3) is 4.28. The molecule has 0 bridgehead atoms. The number of esters is 1. The number of fused-ring (bicyclic) bond motifs is 1. The van der Waals surface area contributed by atoms with Gasteiger partial charge in [0.1, 0.15) is 30.3 Å². The SMILES string of the molecule is COc1c(C)c2c(c(OCc3ccccc3)c1CCOS(C)(=O)=O)C(=O)OC2. The van der Waals surface area contributed by atoms with Crippen LogP contribution in [0.1, 0.15) is 32.6 Å². The van der Waals surface area contributed by atoms with Crippen molar-refractivity contribution in [2.75, 3.05) is 20.0 Å². The first-order chi connectivity index (χ1) is 13.3. The molecule has 0 amide bonds. The molecular weight excluding hydrogens is 384 g/mol. The van der Waals surface area contributed by atoms with Gasteiger partial charge in [-0.05, 0) is 18.1 Å². The van der Waals surface area contributed by atoms with Gasteiger partial charge in [0, 0.05) is 17.5 Å². The van der Waals surface area contributed by atoms with E-state index in [2.05, 4.69) is 0 Å². The smallest absolute Gasteiger partial charge is 0.342 e. The van der Waals surface area contributed by atoms with Crippen LogP contribution in [0, 0.1) is 6.92 Å². The van der Waals surface area contributed by atoms with E-state index in [0.29, 0.717) is 22.6 Å². The van der Waals surface area contributed by atoms with Gasteiger partial charge in [0.15, 0.2) is 0 Å². The average Bonchev–Trinajstić information content (AvgIpc) is 3.03. The molecule has 1 aliphatic heterocycles. The van der Waals surface area contributed by atoms with Crippen LogP contribution in [0.25, 0.3) is 0 Å². The van der Waals surface area contributed by atoms with Crippen LogP contribution in [0.3, 0.4) is 0 Å². The second-order valence-electron chi connectivity index (χ2n) is 6.45. The molecule has 0 aromatic heterocycles. The monoisotopic (exact) mass is 406 g/mol. The van der Waals surface area contributed by atoms with Gasteiger partial charge in [-0.25, -0.2) is 4.79 Å². The fraction of sp³-hybridized carbons (Fsp3) is 0.350.